The molecule has 1 saturated carbocycles. The molecule has 2 saturated heterocycles. The van der Waals surface area contributed by atoms with Gasteiger partial charge in [-0.25, -0.2) is 0 Å². The molecule has 0 aromatic rings. The average molecular weight is 280 g/mol. The number of amides is 1. The molecule has 3 fully saturated rings. The number of carbonyl (C=O) groups excluding carboxylic acids is 1. The van der Waals surface area contributed by atoms with Crippen molar-refractivity contribution in [1.82, 2.24) is 9.80 Å². The van der Waals surface area contributed by atoms with Gasteiger partial charge in [0.05, 0.1) is 6.61 Å². The lowest BCUT2D eigenvalue weighted by molar-refractivity contribution is -0.140. The van der Waals surface area contributed by atoms with E-state index in [4.69, 9.17) is 4.74 Å². The van der Waals surface area contributed by atoms with E-state index in [1.807, 2.05) is 0 Å². The van der Waals surface area contributed by atoms with Crippen LogP contribution >= 0.6 is 0 Å². The molecule has 0 unspecified atom stereocenters. The zero-order valence-electron chi connectivity index (χ0n) is 12.9. The molecular formula is C16H28N2O2. The van der Waals surface area contributed by atoms with E-state index in [1.165, 1.54) is 19.3 Å². The Bertz CT molecular complexity index is 359. The molecule has 4 nitrogen and oxygen atoms in total. The fraction of sp³-hybridized carbons (Fsp3) is 0.938. The molecule has 3 rings (SSSR count). The van der Waals surface area contributed by atoms with Gasteiger partial charge in [0, 0.05) is 37.7 Å². The maximum absolute atomic E-state index is 12.3. The molecule has 4 heteroatoms. The van der Waals surface area contributed by atoms with Crippen molar-refractivity contribution in [3.05, 3.63) is 0 Å². The summed E-state index contributed by atoms with van der Waals surface area (Å²) in [6.07, 6.45) is 8.27. The number of likely N-dealkylation sites (N-methyl/N-ethyl adjacent to an activating group) is 1. The van der Waals surface area contributed by atoms with Crippen LogP contribution in [0.3, 0.4) is 0 Å². The van der Waals surface area contributed by atoms with Crippen LogP contribution in [0.4, 0.5) is 0 Å². The van der Waals surface area contributed by atoms with E-state index in [2.05, 4.69) is 16.8 Å². The normalized spacial score (nSPS) is 30.7. The van der Waals surface area contributed by atoms with Crippen molar-refractivity contribution < 1.29 is 9.53 Å². The quantitative estimate of drug-likeness (QED) is 0.791. The zero-order chi connectivity index (χ0) is 14.2. The van der Waals surface area contributed by atoms with Gasteiger partial charge in [0.2, 0.25) is 5.91 Å². The number of methoxy groups -OCH3 is 1. The van der Waals surface area contributed by atoms with Gasteiger partial charge in [-0.3, -0.25) is 9.69 Å². The fourth-order valence-electron chi connectivity index (χ4n) is 4.24. The lowest BCUT2D eigenvalue weighted by atomic mass is 9.81. The summed E-state index contributed by atoms with van der Waals surface area (Å²) in [5, 5.41) is 0. The summed E-state index contributed by atoms with van der Waals surface area (Å²) in [5.74, 6) is 0.784. The Morgan fingerprint density at radius 1 is 1.20 bits per heavy atom. The predicted octanol–water partition coefficient (Wildman–Crippen LogP) is 1.89. The van der Waals surface area contributed by atoms with Crippen molar-refractivity contribution in [3.8, 4) is 0 Å². The number of hydrogen-bond donors (Lipinski definition) is 0. The molecule has 0 aromatic carbocycles. The minimum Gasteiger partial charge on any atom is -0.383 e. The summed E-state index contributed by atoms with van der Waals surface area (Å²) in [5.41, 5.74) is 0.333. The number of rotatable bonds is 3. The second-order valence-corrected chi connectivity index (χ2v) is 6.94. The van der Waals surface area contributed by atoms with Gasteiger partial charge in [-0.05, 0) is 45.6 Å². The first kappa shape index (κ1) is 14.3. The Labute approximate surface area is 122 Å². The Morgan fingerprint density at radius 2 is 1.90 bits per heavy atom. The van der Waals surface area contributed by atoms with Gasteiger partial charge in [-0.2, -0.15) is 0 Å². The highest BCUT2D eigenvalue weighted by molar-refractivity contribution is 5.79. The molecule has 2 heterocycles. The van der Waals surface area contributed by atoms with E-state index in [-0.39, 0.29) is 0 Å². The Kier molecular flexibility index (Phi) is 4.04. The molecular weight excluding hydrogens is 252 g/mol. The molecule has 0 aromatic heterocycles. The van der Waals surface area contributed by atoms with Gasteiger partial charge in [0.15, 0.2) is 0 Å². The number of hydrogen-bond acceptors (Lipinski definition) is 3. The third kappa shape index (κ3) is 2.37. The molecule has 1 aliphatic carbocycles. The number of piperidine rings is 1. The SMILES string of the molecule is COC[C@H]1CCC2(CCN(C(=O)C3CCC3)CC2)N1C. The Morgan fingerprint density at radius 3 is 2.45 bits per heavy atom. The van der Waals surface area contributed by atoms with Crippen LogP contribution in [-0.4, -0.2) is 61.1 Å². The zero-order valence-corrected chi connectivity index (χ0v) is 12.9. The number of nitrogens with zero attached hydrogens (tertiary/aromatic N) is 2. The number of ether oxygens (including phenoxy) is 1. The Hall–Kier alpha value is -0.610. The van der Waals surface area contributed by atoms with Crippen LogP contribution in [0.25, 0.3) is 0 Å². The standard InChI is InChI=1S/C16H28N2O2/c1-17-14(12-20-2)6-7-16(17)8-10-18(11-9-16)15(19)13-4-3-5-13/h13-14H,3-12H2,1-2H3/t14-/m1/s1. The van der Waals surface area contributed by atoms with Crippen molar-refractivity contribution in [3.63, 3.8) is 0 Å². The van der Waals surface area contributed by atoms with E-state index in [0.29, 0.717) is 23.4 Å². The van der Waals surface area contributed by atoms with Crippen molar-refractivity contribution in [1.29, 1.82) is 0 Å². The molecule has 1 atom stereocenters. The molecule has 0 radical (unpaired) electrons. The maximum Gasteiger partial charge on any atom is 0.225 e. The summed E-state index contributed by atoms with van der Waals surface area (Å²) >= 11 is 0. The molecule has 3 aliphatic rings. The minimum absolute atomic E-state index is 0.333. The topological polar surface area (TPSA) is 32.8 Å². The number of carbonyl (C=O) groups is 1. The van der Waals surface area contributed by atoms with Crippen LogP contribution in [0.1, 0.15) is 44.9 Å². The molecule has 1 spiro atoms. The highest BCUT2D eigenvalue weighted by atomic mass is 16.5. The van der Waals surface area contributed by atoms with E-state index >= 15 is 0 Å². The predicted molar refractivity (Wildman–Crippen MR) is 78.5 cm³/mol. The summed E-state index contributed by atoms with van der Waals surface area (Å²) in [6.45, 7) is 2.75. The molecule has 1 amide bonds. The molecule has 0 bridgehead atoms. The average Bonchev–Trinajstić information content (AvgIpc) is 2.68. The van der Waals surface area contributed by atoms with Crippen molar-refractivity contribution in [2.75, 3.05) is 33.9 Å². The van der Waals surface area contributed by atoms with Crippen molar-refractivity contribution in [2.24, 2.45) is 5.92 Å². The highest BCUT2D eigenvalue weighted by Crippen LogP contribution is 2.41. The fourth-order valence-corrected chi connectivity index (χ4v) is 4.24. The van der Waals surface area contributed by atoms with Crippen molar-refractivity contribution in [2.45, 2.75) is 56.5 Å². The molecule has 0 N–H and O–H groups in total. The molecule has 20 heavy (non-hydrogen) atoms. The van der Waals surface area contributed by atoms with E-state index in [9.17, 15) is 4.79 Å². The van der Waals surface area contributed by atoms with Crippen LogP contribution in [0, 0.1) is 5.92 Å². The summed E-state index contributed by atoms with van der Waals surface area (Å²) in [4.78, 5) is 17.0. The third-order valence-corrected chi connectivity index (χ3v) is 6.06. The van der Waals surface area contributed by atoms with Crippen molar-refractivity contribution >= 4 is 5.91 Å². The Balaban J connectivity index is 1.56. The first-order valence-corrected chi connectivity index (χ1v) is 8.17. The van der Waals surface area contributed by atoms with Gasteiger partial charge in [0.1, 0.15) is 0 Å². The smallest absolute Gasteiger partial charge is 0.225 e. The van der Waals surface area contributed by atoms with Crippen LogP contribution in [-0.2, 0) is 9.53 Å². The van der Waals surface area contributed by atoms with Gasteiger partial charge < -0.3 is 9.64 Å². The lowest BCUT2D eigenvalue weighted by Crippen LogP contribution is -2.55. The molecule has 2 aliphatic heterocycles. The minimum atomic E-state index is 0.333. The summed E-state index contributed by atoms with van der Waals surface area (Å²) < 4.78 is 5.34. The van der Waals surface area contributed by atoms with Crippen LogP contribution in [0.15, 0.2) is 0 Å². The maximum atomic E-state index is 12.3. The first-order valence-electron chi connectivity index (χ1n) is 8.17. The van der Waals surface area contributed by atoms with E-state index < -0.39 is 0 Å². The lowest BCUT2D eigenvalue weighted by Gasteiger charge is -2.46. The molecule has 114 valence electrons. The largest absolute Gasteiger partial charge is 0.383 e. The summed E-state index contributed by atoms with van der Waals surface area (Å²) in [6, 6.07) is 0.564. The van der Waals surface area contributed by atoms with Crippen LogP contribution in [0.2, 0.25) is 0 Å². The number of likely N-dealkylation sites (tertiary alicyclic amines) is 2. The van der Waals surface area contributed by atoms with Gasteiger partial charge in [0.25, 0.3) is 0 Å². The third-order valence-electron chi connectivity index (χ3n) is 6.06. The van der Waals surface area contributed by atoms with Crippen LogP contribution < -0.4 is 0 Å². The second-order valence-electron chi connectivity index (χ2n) is 6.94. The first-order chi connectivity index (χ1) is 9.66. The summed E-state index contributed by atoms with van der Waals surface area (Å²) in [7, 11) is 4.04. The monoisotopic (exact) mass is 280 g/mol. The highest BCUT2D eigenvalue weighted by Gasteiger charge is 2.46. The van der Waals surface area contributed by atoms with E-state index in [0.717, 1.165) is 45.4 Å². The van der Waals surface area contributed by atoms with Crippen LogP contribution in [0.5, 0.6) is 0 Å². The van der Waals surface area contributed by atoms with E-state index in [1.54, 1.807) is 7.11 Å². The van der Waals surface area contributed by atoms with Gasteiger partial charge in [-0.1, -0.05) is 6.42 Å². The van der Waals surface area contributed by atoms with Gasteiger partial charge >= 0.3 is 0 Å². The van der Waals surface area contributed by atoms with Gasteiger partial charge in [-0.15, -0.1) is 0 Å². The second kappa shape index (κ2) is 5.64.